The number of fused-ring (bicyclic) bond motifs is 1. The number of aliphatic carboxylic acids is 1. The van der Waals surface area contributed by atoms with Crippen LogP contribution in [0, 0.1) is 6.92 Å². The standard InChI is InChI=1S/C17H18N2O3/c1-10-11(7-8-19(10)2)16(20)18-15-9-14(17(21)22)12-5-3-4-6-13(12)15/h3-8,14-15H,9H2,1-2H3,(H,18,20)(H,21,22). The average Bonchev–Trinajstić information content (AvgIpc) is 3.01. The largest absolute Gasteiger partial charge is 0.481 e. The summed E-state index contributed by atoms with van der Waals surface area (Å²) in [5, 5.41) is 12.3. The van der Waals surface area contributed by atoms with Gasteiger partial charge in [-0.1, -0.05) is 24.3 Å². The lowest BCUT2D eigenvalue weighted by Gasteiger charge is -2.14. The fourth-order valence-electron chi connectivity index (χ4n) is 3.09. The first kappa shape index (κ1) is 14.4. The molecule has 0 saturated heterocycles. The van der Waals surface area contributed by atoms with E-state index in [0.717, 1.165) is 16.8 Å². The van der Waals surface area contributed by atoms with Crippen molar-refractivity contribution in [3.63, 3.8) is 0 Å². The van der Waals surface area contributed by atoms with Gasteiger partial charge in [-0.25, -0.2) is 0 Å². The van der Waals surface area contributed by atoms with Gasteiger partial charge >= 0.3 is 5.97 Å². The molecule has 0 spiro atoms. The SMILES string of the molecule is Cc1c(C(=O)NC2CC(C(=O)O)c3ccccc32)ccn1C. The molecule has 0 aliphatic heterocycles. The first-order valence-corrected chi connectivity index (χ1v) is 7.23. The highest BCUT2D eigenvalue weighted by Gasteiger charge is 2.36. The molecule has 0 radical (unpaired) electrons. The Morgan fingerprint density at radius 2 is 1.91 bits per heavy atom. The Kier molecular flexibility index (Phi) is 3.48. The molecule has 5 heteroatoms. The lowest BCUT2D eigenvalue weighted by molar-refractivity contribution is -0.138. The van der Waals surface area contributed by atoms with Crippen molar-refractivity contribution in [3.05, 3.63) is 58.9 Å². The van der Waals surface area contributed by atoms with E-state index in [1.807, 2.05) is 49.0 Å². The van der Waals surface area contributed by atoms with Gasteiger partial charge < -0.3 is 15.0 Å². The Balaban J connectivity index is 1.86. The van der Waals surface area contributed by atoms with Crippen molar-refractivity contribution < 1.29 is 14.7 Å². The number of amides is 1. The molecule has 1 aliphatic rings. The quantitative estimate of drug-likeness (QED) is 0.914. The molecule has 1 heterocycles. The predicted octanol–water partition coefficient (Wildman–Crippen LogP) is 2.38. The Morgan fingerprint density at radius 3 is 2.50 bits per heavy atom. The van der Waals surface area contributed by atoms with Crippen LogP contribution in [0.1, 0.15) is 45.6 Å². The molecule has 2 atom stereocenters. The van der Waals surface area contributed by atoms with Gasteiger partial charge in [-0.05, 0) is 30.5 Å². The summed E-state index contributed by atoms with van der Waals surface area (Å²) in [6.45, 7) is 1.89. The van der Waals surface area contributed by atoms with Crippen LogP contribution in [0.25, 0.3) is 0 Å². The lowest BCUT2D eigenvalue weighted by atomic mass is 10.0. The first-order valence-electron chi connectivity index (χ1n) is 7.23. The maximum atomic E-state index is 12.4. The molecule has 0 saturated carbocycles. The number of carbonyl (C=O) groups is 2. The molecule has 1 aromatic carbocycles. The van der Waals surface area contributed by atoms with E-state index in [-0.39, 0.29) is 11.9 Å². The van der Waals surface area contributed by atoms with E-state index in [9.17, 15) is 14.7 Å². The number of aromatic nitrogens is 1. The predicted molar refractivity (Wildman–Crippen MR) is 81.8 cm³/mol. The Morgan fingerprint density at radius 1 is 1.23 bits per heavy atom. The maximum Gasteiger partial charge on any atom is 0.311 e. The molecule has 2 N–H and O–H groups in total. The lowest BCUT2D eigenvalue weighted by Crippen LogP contribution is -2.28. The normalized spacial score (nSPS) is 19.7. The van der Waals surface area contributed by atoms with Gasteiger partial charge in [0, 0.05) is 18.9 Å². The highest BCUT2D eigenvalue weighted by atomic mass is 16.4. The fourth-order valence-corrected chi connectivity index (χ4v) is 3.09. The summed E-state index contributed by atoms with van der Waals surface area (Å²) in [4.78, 5) is 23.9. The van der Waals surface area contributed by atoms with Crippen LogP contribution in [0.2, 0.25) is 0 Å². The fraction of sp³-hybridized carbons (Fsp3) is 0.294. The van der Waals surface area contributed by atoms with E-state index in [1.54, 1.807) is 6.07 Å². The van der Waals surface area contributed by atoms with Gasteiger partial charge in [0.05, 0.1) is 17.5 Å². The molecule has 1 aromatic heterocycles. The molecular formula is C17H18N2O3. The minimum atomic E-state index is -0.847. The Hall–Kier alpha value is -2.56. The van der Waals surface area contributed by atoms with Crippen molar-refractivity contribution >= 4 is 11.9 Å². The zero-order valence-corrected chi connectivity index (χ0v) is 12.5. The summed E-state index contributed by atoms with van der Waals surface area (Å²) in [5.74, 6) is -1.57. The van der Waals surface area contributed by atoms with Crippen LogP contribution in [0.5, 0.6) is 0 Å². The van der Waals surface area contributed by atoms with Crippen LogP contribution in [-0.4, -0.2) is 21.6 Å². The van der Waals surface area contributed by atoms with Gasteiger partial charge in [-0.15, -0.1) is 0 Å². The molecule has 0 fully saturated rings. The summed E-state index contributed by atoms with van der Waals surface area (Å²) in [5.41, 5.74) is 3.21. The molecule has 22 heavy (non-hydrogen) atoms. The van der Waals surface area contributed by atoms with E-state index in [4.69, 9.17) is 0 Å². The monoisotopic (exact) mass is 298 g/mol. The second-order valence-corrected chi connectivity index (χ2v) is 5.71. The molecule has 2 unspecified atom stereocenters. The van der Waals surface area contributed by atoms with Crippen molar-refractivity contribution in [2.75, 3.05) is 0 Å². The number of carboxylic acids is 1. The minimum absolute atomic E-state index is 0.163. The number of rotatable bonds is 3. The number of nitrogens with one attached hydrogen (secondary N) is 1. The summed E-state index contributed by atoms with van der Waals surface area (Å²) in [7, 11) is 1.89. The second-order valence-electron chi connectivity index (χ2n) is 5.71. The second kappa shape index (κ2) is 5.33. The van der Waals surface area contributed by atoms with E-state index in [2.05, 4.69) is 5.32 Å². The van der Waals surface area contributed by atoms with Crippen molar-refractivity contribution in [1.82, 2.24) is 9.88 Å². The van der Waals surface area contributed by atoms with Crippen LogP contribution in [0.3, 0.4) is 0 Å². The van der Waals surface area contributed by atoms with Gasteiger partial charge in [0.25, 0.3) is 5.91 Å². The third-order valence-electron chi connectivity index (χ3n) is 4.45. The third-order valence-corrected chi connectivity index (χ3v) is 4.45. The van der Waals surface area contributed by atoms with E-state index < -0.39 is 11.9 Å². The molecule has 3 rings (SSSR count). The number of hydrogen-bond acceptors (Lipinski definition) is 2. The summed E-state index contributed by atoms with van der Waals surface area (Å²) in [6, 6.07) is 8.94. The number of hydrogen-bond donors (Lipinski definition) is 2. The smallest absolute Gasteiger partial charge is 0.311 e. The molecule has 1 aliphatic carbocycles. The molecule has 0 bridgehead atoms. The van der Waals surface area contributed by atoms with E-state index in [0.29, 0.717) is 12.0 Å². The van der Waals surface area contributed by atoms with Gasteiger partial charge in [0.1, 0.15) is 0 Å². The van der Waals surface area contributed by atoms with Crippen LogP contribution in [-0.2, 0) is 11.8 Å². The zero-order chi connectivity index (χ0) is 15.9. The summed E-state index contributed by atoms with van der Waals surface area (Å²) >= 11 is 0. The number of nitrogens with zero attached hydrogens (tertiary/aromatic N) is 1. The highest BCUT2D eigenvalue weighted by molar-refractivity contribution is 5.96. The van der Waals surface area contributed by atoms with Gasteiger partial charge in [0.15, 0.2) is 0 Å². The first-order chi connectivity index (χ1) is 10.5. The molecular weight excluding hydrogens is 280 g/mol. The van der Waals surface area contributed by atoms with Gasteiger partial charge in [-0.3, -0.25) is 9.59 Å². The zero-order valence-electron chi connectivity index (χ0n) is 12.5. The van der Waals surface area contributed by atoms with Crippen LogP contribution in [0.4, 0.5) is 0 Å². The van der Waals surface area contributed by atoms with Crippen molar-refractivity contribution in [3.8, 4) is 0 Å². The van der Waals surface area contributed by atoms with Crippen LogP contribution in [0.15, 0.2) is 36.5 Å². The summed E-state index contributed by atoms with van der Waals surface area (Å²) < 4.78 is 1.89. The van der Waals surface area contributed by atoms with E-state index >= 15 is 0 Å². The molecule has 5 nitrogen and oxygen atoms in total. The number of carboxylic acid groups (broad SMARTS) is 1. The van der Waals surface area contributed by atoms with Crippen LogP contribution >= 0.6 is 0 Å². The number of carbonyl (C=O) groups excluding carboxylic acids is 1. The Bertz CT molecular complexity index is 748. The molecule has 114 valence electrons. The van der Waals surface area contributed by atoms with Crippen molar-refractivity contribution in [2.24, 2.45) is 7.05 Å². The topological polar surface area (TPSA) is 71.3 Å². The summed E-state index contributed by atoms with van der Waals surface area (Å²) in [6.07, 6.45) is 2.24. The van der Waals surface area contributed by atoms with Crippen molar-refractivity contribution in [2.45, 2.75) is 25.3 Å². The number of benzene rings is 1. The van der Waals surface area contributed by atoms with Crippen molar-refractivity contribution in [1.29, 1.82) is 0 Å². The minimum Gasteiger partial charge on any atom is -0.481 e. The highest BCUT2D eigenvalue weighted by Crippen LogP contribution is 2.40. The maximum absolute atomic E-state index is 12.4. The van der Waals surface area contributed by atoms with Gasteiger partial charge in [0.2, 0.25) is 0 Å². The average molecular weight is 298 g/mol. The number of aryl methyl sites for hydroxylation is 1. The molecule has 1 amide bonds. The Labute approximate surface area is 128 Å². The third kappa shape index (κ3) is 2.28. The van der Waals surface area contributed by atoms with Crippen LogP contribution < -0.4 is 5.32 Å². The van der Waals surface area contributed by atoms with Gasteiger partial charge in [-0.2, -0.15) is 0 Å². The van der Waals surface area contributed by atoms with E-state index in [1.165, 1.54) is 0 Å². The molecule has 2 aromatic rings.